The lowest BCUT2D eigenvalue weighted by Crippen LogP contribution is -2.52. The molecule has 1 aliphatic rings. The Labute approximate surface area is 126 Å². The second kappa shape index (κ2) is 9.82. The minimum atomic E-state index is 0.529. The number of hydrogen-bond donors (Lipinski definition) is 0. The number of hydrogen-bond acceptors (Lipinski definition) is 1. The van der Waals surface area contributed by atoms with E-state index in [1.807, 2.05) is 12.2 Å². The fourth-order valence-electron chi connectivity index (χ4n) is 3.25. The molecule has 0 fully saturated rings. The fourth-order valence-corrected chi connectivity index (χ4v) is 3.25. The minimum Gasteiger partial charge on any atom is -0.332 e. The Morgan fingerprint density at radius 2 is 1.90 bits per heavy atom. The molecule has 1 rings (SSSR count). The maximum atomic E-state index is 3.94. The summed E-state index contributed by atoms with van der Waals surface area (Å²) >= 11 is 0. The van der Waals surface area contributed by atoms with Crippen LogP contribution >= 0.6 is 0 Å². The van der Waals surface area contributed by atoms with Crippen molar-refractivity contribution >= 4 is 6.85 Å². The summed E-state index contributed by atoms with van der Waals surface area (Å²) in [6, 6.07) is 1.16. The summed E-state index contributed by atoms with van der Waals surface area (Å²) in [6.45, 7) is 14.6. The molecule has 110 valence electrons. The third-order valence-electron chi connectivity index (χ3n) is 4.16. The highest BCUT2D eigenvalue weighted by atomic mass is 15.1. The lowest BCUT2D eigenvalue weighted by Gasteiger charge is -2.43. The van der Waals surface area contributed by atoms with Gasteiger partial charge in [-0.2, -0.15) is 0 Å². The average molecular weight is 271 g/mol. The molecule has 2 atom stereocenters. The van der Waals surface area contributed by atoms with Crippen molar-refractivity contribution in [3.8, 4) is 0 Å². The Balaban J connectivity index is 2.91. The molecular formula is C18H30BN. The molecule has 0 saturated carbocycles. The Morgan fingerprint density at radius 3 is 2.45 bits per heavy atom. The van der Waals surface area contributed by atoms with Gasteiger partial charge in [0.05, 0.1) is 0 Å². The first-order valence-corrected chi connectivity index (χ1v) is 8.05. The van der Waals surface area contributed by atoms with Crippen molar-refractivity contribution in [2.24, 2.45) is 0 Å². The quantitative estimate of drug-likeness (QED) is 0.394. The molecule has 0 unspecified atom stereocenters. The van der Waals surface area contributed by atoms with E-state index in [2.05, 4.69) is 49.7 Å². The van der Waals surface area contributed by atoms with Crippen LogP contribution in [0, 0.1) is 0 Å². The molecule has 1 aliphatic heterocycles. The van der Waals surface area contributed by atoms with Crippen molar-refractivity contribution in [2.75, 3.05) is 0 Å². The molecule has 0 bridgehead atoms. The third kappa shape index (κ3) is 4.83. The van der Waals surface area contributed by atoms with E-state index in [4.69, 9.17) is 0 Å². The summed E-state index contributed by atoms with van der Waals surface area (Å²) in [7, 11) is 0. The van der Waals surface area contributed by atoms with Crippen molar-refractivity contribution in [2.45, 2.75) is 63.8 Å². The number of rotatable bonds is 10. The highest BCUT2D eigenvalue weighted by Gasteiger charge is 2.33. The first-order valence-electron chi connectivity index (χ1n) is 8.05. The highest BCUT2D eigenvalue weighted by Crippen LogP contribution is 2.27. The van der Waals surface area contributed by atoms with Crippen LogP contribution in [0.4, 0.5) is 0 Å². The zero-order valence-electron chi connectivity index (χ0n) is 13.1. The van der Waals surface area contributed by atoms with Gasteiger partial charge in [-0.25, -0.2) is 0 Å². The molecule has 1 nitrogen and oxygen atoms in total. The van der Waals surface area contributed by atoms with Crippen LogP contribution in [-0.4, -0.2) is 23.7 Å². The third-order valence-corrected chi connectivity index (χ3v) is 4.16. The number of unbranched alkanes of at least 4 members (excludes halogenated alkanes) is 1. The van der Waals surface area contributed by atoms with Crippen molar-refractivity contribution < 1.29 is 0 Å². The normalized spacial score (nSPS) is 22.4. The monoisotopic (exact) mass is 271 g/mol. The molecule has 0 aromatic rings. The van der Waals surface area contributed by atoms with Gasteiger partial charge in [0.25, 0.3) is 0 Å². The van der Waals surface area contributed by atoms with Crippen LogP contribution in [0.5, 0.6) is 0 Å². The highest BCUT2D eigenvalue weighted by molar-refractivity contribution is 6.57. The van der Waals surface area contributed by atoms with Crippen molar-refractivity contribution in [1.29, 1.82) is 0 Å². The Kier molecular flexibility index (Phi) is 8.37. The second-order valence-corrected chi connectivity index (χ2v) is 5.70. The van der Waals surface area contributed by atoms with E-state index in [0.29, 0.717) is 18.9 Å². The molecule has 0 aromatic heterocycles. The van der Waals surface area contributed by atoms with Crippen LogP contribution in [0.15, 0.2) is 50.1 Å². The number of allylic oxidation sites excluding steroid dienone is 2. The van der Waals surface area contributed by atoms with E-state index >= 15 is 0 Å². The first-order chi connectivity index (χ1) is 9.78. The van der Waals surface area contributed by atoms with E-state index in [9.17, 15) is 0 Å². The fraction of sp³-hybridized carbons (Fsp3) is 0.556. The molecule has 0 saturated heterocycles. The van der Waals surface area contributed by atoms with Gasteiger partial charge in [-0.3, -0.25) is 0 Å². The maximum Gasteiger partial charge on any atom is 0.231 e. The molecule has 1 heterocycles. The van der Waals surface area contributed by atoms with Crippen LogP contribution in [0.1, 0.15) is 39.0 Å². The first kappa shape index (κ1) is 17.0. The minimum absolute atomic E-state index is 0.529. The molecule has 0 aromatic carbocycles. The van der Waals surface area contributed by atoms with E-state index in [-0.39, 0.29) is 0 Å². The molecule has 0 amide bonds. The topological polar surface area (TPSA) is 3.24 Å². The SMILES string of the molecule is C=CCB(CC=C)N1[C@@H](CC=C)CC=C[C@H]1CCCC. The van der Waals surface area contributed by atoms with E-state index in [1.165, 1.54) is 19.3 Å². The average Bonchev–Trinajstić information content (AvgIpc) is 2.45. The molecule has 0 spiro atoms. The van der Waals surface area contributed by atoms with Gasteiger partial charge < -0.3 is 4.81 Å². The second-order valence-electron chi connectivity index (χ2n) is 5.70. The van der Waals surface area contributed by atoms with E-state index in [0.717, 1.165) is 25.5 Å². The maximum absolute atomic E-state index is 3.94. The van der Waals surface area contributed by atoms with Crippen LogP contribution in [0.2, 0.25) is 12.6 Å². The molecular weight excluding hydrogens is 241 g/mol. The standard InChI is InChI=1S/C18H30BN/c1-5-9-12-18-14-10-13-17(11-6-2)20(18)19(15-7-3)16-8-4/h6-8,10,14,17-18H,2-5,9,11-13,15-16H2,1H3/t17-,18+/m0/s1. The van der Waals surface area contributed by atoms with Gasteiger partial charge in [0.15, 0.2) is 0 Å². The Bertz CT molecular complexity index is 324. The number of nitrogens with zero attached hydrogens (tertiary/aromatic N) is 1. The predicted octanol–water partition coefficient (Wildman–Crippen LogP) is 5.12. The molecule has 0 N–H and O–H groups in total. The van der Waals surface area contributed by atoms with Gasteiger partial charge in [0.2, 0.25) is 6.85 Å². The largest absolute Gasteiger partial charge is 0.332 e. The predicted molar refractivity (Wildman–Crippen MR) is 93.3 cm³/mol. The van der Waals surface area contributed by atoms with E-state index in [1.54, 1.807) is 0 Å². The van der Waals surface area contributed by atoms with Crippen molar-refractivity contribution in [3.05, 3.63) is 50.1 Å². The lowest BCUT2D eigenvalue weighted by atomic mass is 9.52. The van der Waals surface area contributed by atoms with Gasteiger partial charge in [-0.05, 0) is 31.9 Å². The van der Waals surface area contributed by atoms with Crippen molar-refractivity contribution in [1.82, 2.24) is 4.81 Å². The molecule has 0 aliphatic carbocycles. The summed E-state index contributed by atoms with van der Waals surface area (Å²) < 4.78 is 0. The summed E-state index contributed by atoms with van der Waals surface area (Å²) in [5.74, 6) is 0. The van der Waals surface area contributed by atoms with Crippen LogP contribution in [-0.2, 0) is 0 Å². The summed E-state index contributed by atoms with van der Waals surface area (Å²) in [5.41, 5.74) is 0. The van der Waals surface area contributed by atoms with E-state index < -0.39 is 0 Å². The smallest absolute Gasteiger partial charge is 0.231 e. The molecule has 20 heavy (non-hydrogen) atoms. The lowest BCUT2D eigenvalue weighted by molar-refractivity contribution is 0.252. The van der Waals surface area contributed by atoms with Gasteiger partial charge in [0.1, 0.15) is 0 Å². The zero-order chi connectivity index (χ0) is 14.8. The van der Waals surface area contributed by atoms with Gasteiger partial charge in [0, 0.05) is 12.1 Å². The van der Waals surface area contributed by atoms with Crippen LogP contribution in [0.25, 0.3) is 0 Å². The Morgan fingerprint density at radius 1 is 1.20 bits per heavy atom. The molecule has 0 radical (unpaired) electrons. The Hall–Kier alpha value is -1.02. The van der Waals surface area contributed by atoms with Crippen LogP contribution < -0.4 is 0 Å². The zero-order valence-corrected chi connectivity index (χ0v) is 13.1. The van der Waals surface area contributed by atoms with Crippen molar-refractivity contribution in [3.63, 3.8) is 0 Å². The summed E-state index contributed by atoms with van der Waals surface area (Å²) in [5, 5.41) is 0. The summed E-state index contributed by atoms with van der Waals surface area (Å²) in [4.78, 5) is 2.71. The van der Waals surface area contributed by atoms with Gasteiger partial charge >= 0.3 is 0 Å². The van der Waals surface area contributed by atoms with Gasteiger partial charge in [-0.15, -0.1) is 19.7 Å². The molecule has 2 heteroatoms. The van der Waals surface area contributed by atoms with Crippen LogP contribution in [0.3, 0.4) is 0 Å². The summed E-state index contributed by atoms with van der Waals surface area (Å²) in [6.07, 6.45) is 19.0. The van der Waals surface area contributed by atoms with Gasteiger partial charge in [-0.1, -0.05) is 50.1 Å².